The molecule has 3 aromatic heterocycles. The molecule has 8 nitrogen and oxygen atoms in total. The first-order valence-corrected chi connectivity index (χ1v) is 11.7. The summed E-state index contributed by atoms with van der Waals surface area (Å²) in [6, 6.07) is 10.6. The van der Waals surface area contributed by atoms with Crippen LogP contribution in [0.3, 0.4) is 0 Å². The van der Waals surface area contributed by atoms with Crippen LogP contribution in [0.1, 0.15) is 23.2 Å². The summed E-state index contributed by atoms with van der Waals surface area (Å²) in [5.41, 5.74) is 4.14. The van der Waals surface area contributed by atoms with Gasteiger partial charge >= 0.3 is 5.69 Å². The molecule has 2 saturated heterocycles. The number of nitrogens with one attached hydrogen (secondary N) is 1. The van der Waals surface area contributed by atoms with Gasteiger partial charge < -0.3 is 14.5 Å². The molecule has 2 atom stereocenters. The minimum atomic E-state index is -0.440. The molecular weight excluding hydrogens is 433 g/mol. The number of nitrogens with zero attached hydrogens (tertiary/aromatic N) is 6. The number of aromatic amines is 1. The molecule has 1 unspecified atom stereocenters. The third-order valence-electron chi connectivity index (χ3n) is 6.98. The van der Waals surface area contributed by atoms with Crippen LogP contribution in [0.4, 0.5) is 4.39 Å². The van der Waals surface area contributed by atoms with E-state index < -0.39 is 11.5 Å². The fourth-order valence-electron chi connectivity index (χ4n) is 5.20. The number of pyridine rings is 1. The lowest BCUT2D eigenvalue weighted by Gasteiger charge is -2.34. The van der Waals surface area contributed by atoms with Crippen molar-refractivity contribution < 1.29 is 4.39 Å². The second-order valence-corrected chi connectivity index (χ2v) is 9.28. The third-order valence-corrected chi connectivity index (χ3v) is 6.98. The lowest BCUT2D eigenvalue weighted by Crippen LogP contribution is -2.46. The molecule has 4 aromatic rings. The number of H-pyrrole nitrogens is 1. The summed E-state index contributed by atoms with van der Waals surface area (Å²) in [7, 11) is 0. The second-order valence-electron chi connectivity index (χ2n) is 9.28. The maximum Gasteiger partial charge on any atom is 0.347 e. The van der Waals surface area contributed by atoms with E-state index in [4.69, 9.17) is 4.98 Å². The van der Waals surface area contributed by atoms with Crippen molar-refractivity contribution in [3.63, 3.8) is 0 Å². The maximum absolute atomic E-state index is 13.9. The van der Waals surface area contributed by atoms with E-state index >= 15 is 0 Å². The molecule has 2 bridgehead atoms. The molecule has 0 aliphatic carbocycles. The van der Waals surface area contributed by atoms with Crippen molar-refractivity contribution in [3.8, 4) is 11.4 Å². The molecule has 6 rings (SSSR count). The Labute approximate surface area is 196 Å². The van der Waals surface area contributed by atoms with Crippen molar-refractivity contribution in [2.75, 3.05) is 26.2 Å². The van der Waals surface area contributed by atoms with Gasteiger partial charge in [0, 0.05) is 49.7 Å². The highest BCUT2D eigenvalue weighted by Crippen LogP contribution is 2.26. The molecule has 9 heteroatoms. The Bertz CT molecular complexity index is 1410. The Kier molecular flexibility index (Phi) is 5.23. The summed E-state index contributed by atoms with van der Waals surface area (Å²) < 4.78 is 15.8. The molecule has 5 heterocycles. The highest BCUT2D eigenvalue weighted by atomic mass is 19.1. The minimum absolute atomic E-state index is 0.433. The number of hydrogen-bond donors (Lipinski definition) is 1. The first kappa shape index (κ1) is 21.1. The van der Waals surface area contributed by atoms with Gasteiger partial charge in [0.1, 0.15) is 17.2 Å². The quantitative estimate of drug-likeness (QED) is 0.494. The molecule has 1 N–H and O–H groups in total. The molecule has 0 spiro atoms. The fraction of sp³-hybridized carbons (Fsp3) is 0.360. The number of fused-ring (bicyclic) bond motifs is 3. The number of imidazole rings is 1. The van der Waals surface area contributed by atoms with Gasteiger partial charge in [0.15, 0.2) is 5.65 Å². The molecule has 2 aliphatic rings. The monoisotopic (exact) mass is 459 g/mol. The summed E-state index contributed by atoms with van der Waals surface area (Å²) in [5.74, 6) is 0.0871. The highest BCUT2D eigenvalue weighted by Gasteiger charge is 2.32. The summed E-state index contributed by atoms with van der Waals surface area (Å²) in [6.45, 7) is 7.90. The number of benzene rings is 1. The first-order valence-electron chi connectivity index (χ1n) is 11.7. The van der Waals surface area contributed by atoms with E-state index in [0.717, 1.165) is 31.4 Å². The average molecular weight is 460 g/mol. The summed E-state index contributed by atoms with van der Waals surface area (Å²) in [6.07, 6.45) is 3.99. The molecule has 2 aliphatic heterocycles. The van der Waals surface area contributed by atoms with Crippen LogP contribution in [0.25, 0.3) is 22.6 Å². The fourth-order valence-corrected chi connectivity index (χ4v) is 5.20. The number of halogens is 1. The molecule has 174 valence electrons. The third kappa shape index (κ3) is 3.91. The molecule has 0 amide bonds. The van der Waals surface area contributed by atoms with Crippen molar-refractivity contribution in [2.45, 2.75) is 32.5 Å². The van der Waals surface area contributed by atoms with Crippen LogP contribution in [0.2, 0.25) is 0 Å². The lowest BCUT2D eigenvalue weighted by atomic mass is 10.1. The van der Waals surface area contributed by atoms with Gasteiger partial charge in [0.2, 0.25) is 0 Å². The Hall–Kier alpha value is -3.43. The van der Waals surface area contributed by atoms with Crippen LogP contribution >= 0.6 is 0 Å². The van der Waals surface area contributed by atoms with Crippen molar-refractivity contribution in [1.82, 2.24) is 34.3 Å². The lowest BCUT2D eigenvalue weighted by molar-refractivity contribution is 0.128. The van der Waals surface area contributed by atoms with Crippen LogP contribution in [0, 0.1) is 12.7 Å². The Morgan fingerprint density at radius 1 is 1.06 bits per heavy atom. The standard InChI is InChI=1S/C25H26FN7O/c1-16-22-24(30-25(34)28-16)33(23(29-22)19-10-20(26)12-27-11-19)14-18-4-2-17(3-5-18)13-32-9-8-31-7-6-21(32)15-31/h2-5,10-12,21H,6-9,13-15H2,1H3,(H,28,30,34)/t21-/m0/s1. The van der Waals surface area contributed by atoms with E-state index in [9.17, 15) is 9.18 Å². The van der Waals surface area contributed by atoms with E-state index in [1.165, 1.54) is 31.1 Å². The van der Waals surface area contributed by atoms with E-state index in [1.54, 1.807) is 13.1 Å². The number of hydrogen-bond acceptors (Lipinski definition) is 6. The van der Waals surface area contributed by atoms with Gasteiger partial charge in [-0.25, -0.2) is 14.2 Å². The predicted molar refractivity (Wildman–Crippen MR) is 127 cm³/mol. The van der Waals surface area contributed by atoms with Gasteiger partial charge in [-0.05, 0) is 37.1 Å². The molecule has 34 heavy (non-hydrogen) atoms. The van der Waals surface area contributed by atoms with E-state index in [1.807, 2.05) is 4.57 Å². The van der Waals surface area contributed by atoms with Gasteiger partial charge in [-0.15, -0.1) is 0 Å². The highest BCUT2D eigenvalue weighted by molar-refractivity contribution is 5.78. The predicted octanol–water partition coefficient (Wildman–Crippen LogP) is 2.57. The van der Waals surface area contributed by atoms with Crippen LogP contribution in [-0.4, -0.2) is 66.5 Å². The van der Waals surface area contributed by atoms with Gasteiger partial charge in [-0.2, -0.15) is 4.98 Å². The molecular formula is C25H26FN7O. The first-order chi connectivity index (χ1) is 16.5. The van der Waals surface area contributed by atoms with Gasteiger partial charge in [-0.1, -0.05) is 24.3 Å². The molecule has 0 radical (unpaired) electrons. The van der Waals surface area contributed by atoms with Crippen molar-refractivity contribution in [1.29, 1.82) is 0 Å². The summed E-state index contributed by atoms with van der Waals surface area (Å²) in [4.78, 5) is 32.8. The number of rotatable bonds is 5. The molecule has 0 saturated carbocycles. The SMILES string of the molecule is Cc1[nH]c(=O)nc2c1nc(-c1cncc(F)c1)n2Cc1ccc(CN2CCN3CC[C@H]2C3)cc1. The normalized spacial score (nSPS) is 20.3. The smallest absolute Gasteiger partial charge is 0.308 e. The summed E-state index contributed by atoms with van der Waals surface area (Å²) in [5, 5.41) is 0. The maximum atomic E-state index is 13.9. The molecule has 1 aromatic carbocycles. The van der Waals surface area contributed by atoms with Crippen molar-refractivity contribution >= 4 is 11.2 Å². The Balaban J connectivity index is 1.32. The van der Waals surface area contributed by atoms with Gasteiger partial charge in [0.05, 0.1) is 12.7 Å². The zero-order valence-corrected chi connectivity index (χ0v) is 19.0. The van der Waals surface area contributed by atoms with E-state index in [-0.39, 0.29) is 0 Å². The van der Waals surface area contributed by atoms with Gasteiger partial charge in [0.25, 0.3) is 0 Å². The van der Waals surface area contributed by atoms with Crippen LogP contribution in [-0.2, 0) is 13.1 Å². The summed E-state index contributed by atoms with van der Waals surface area (Å²) >= 11 is 0. The zero-order chi connectivity index (χ0) is 23.2. The number of piperazine rings is 1. The van der Waals surface area contributed by atoms with Crippen LogP contribution in [0.5, 0.6) is 0 Å². The zero-order valence-electron chi connectivity index (χ0n) is 19.0. The Morgan fingerprint density at radius 2 is 1.85 bits per heavy atom. The number of aryl methyl sites for hydroxylation is 1. The van der Waals surface area contributed by atoms with E-state index in [0.29, 0.717) is 40.8 Å². The molecule has 2 fully saturated rings. The van der Waals surface area contributed by atoms with E-state index in [2.05, 4.69) is 49.0 Å². The second kappa shape index (κ2) is 8.41. The van der Waals surface area contributed by atoms with Crippen LogP contribution in [0.15, 0.2) is 47.5 Å². The van der Waals surface area contributed by atoms with Crippen LogP contribution < -0.4 is 5.69 Å². The van der Waals surface area contributed by atoms with Crippen molar-refractivity contribution in [2.24, 2.45) is 0 Å². The number of aromatic nitrogens is 5. The minimum Gasteiger partial charge on any atom is -0.308 e. The van der Waals surface area contributed by atoms with Crippen molar-refractivity contribution in [3.05, 3.63) is 75.8 Å². The average Bonchev–Trinajstić information content (AvgIpc) is 3.38. The largest absolute Gasteiger partial charge is 0.347 e. The Morgan fingerprint density at radius 3 is 2.65 bits per heavy atom. The van der Waals surface area contributed by atoms with Gasteiger partial charge in [-0.3, -0.25) is 9.88 Å². The topological polar surface area (TPSA) is 82.9 Å².